The van der Waals surface area contributed by atoms with Crippen LogP contribution in [0.4, 0.5) is 5.69 Å². The zero-order valence-electron chi connectivity index (χ0n) is 13.5. The van der Waals surface area contributed by atoms with Gasteiger partial charge in [0.05, 0.1) is 11.1 Å². The number of nitrogens with zero attached hydrogens (tertiary/aromatic N) is 2. The molecule has 0 saturated heterocycles. The molecule has 0 radical (unpaired) electrons. The van der Waals surface area contributed by atoms with Crippen molar-refractivity contribution in [2.75, 3.05) is 11.4 Å². The lowest BCUT2D eigenvalue weighted by Crippen LogP contribution is -2.36. The molecule has 1 aliphatic heterocycles. The van der Waals surface area contributed by atoms with Crippen LogP contribution in [-0.4, -0.2) is 29.4 Å². The lowest BCUT2D eigenvalue weighted by Gasteiger charge is -2.22. The SMILES string of the molecule is C=CCNC(=O)c1cncc(C(=O)N2c3ccccc3CC2C)c1. The van der Waals surface area contributed by atoms with Gasteiger partial charge in [0.25, 0.3) is 11.8 Å². The highest BCUT2D eigenvalue weighted by Gasteiger charge is 2.31. The summed E-state index contributed by atoms with van der Waals surface area (Å²) in [6.07, 6.45) is 5.38. The highest BCUT2D eigenvalue weighted by molar-refractivity contribution is 6.08. The van der Waals surface area contributed by atoms with Crippen molar-refractivity contribution >= 4 is 17.5 Å². The van der Waals surface area contributed by atoms with Gasteiger partial charge in [-0.1, -0.05) is 24.3 Å². The van der Waals surface area contributed by atoms with Crippen molar-refractivity contribution in [2.45, 2.75) is 19.4 Å². The van der Waals surface area contributed by atoms with E-state index in [2.05, 4.69) is 16.9 Å². The number of anilines is 1. The summed E-state index contributed by atoms with van der Waals surface area (Å²) < 4.78 is 0. The first-order chi connectivity index (χ1) is 11.6. The number of rotatable bonds is 4. The Morgan fingerprint density at radius 1 is 1.33 bits per heavy atom. The molecule has 1 unspecified atom stereocenters. The quantitative estimate of drug-likeness (QED) is 0.881. The normalized spacial score (nSPS) is 15.7. The molecule has 1 aromatic heterocycles. The minimum Gasteiger partial charge on any atom is -0.349 e. The van der Waals surface area contributed by atoms with E-state index in [-0.39, 0.29) is 17.9 Å². The van der Waals surface area contributed by atoms with E-state index in [9.17, 15) is 9.59 Å². The Labute approximate surface area is 141 Å². The maximum Gasteiger partial charge on any atom is 0.260 e. The van der Waals surface area contributed by atoms with E-state index >= 15 is 0 Å². The van der Waals surface area contributed by atoms with E-state index < -0.39 is 0 Å². The predicted molar refractivity (Wildman–Crippen MR) is 93.2 cm³/mol. The van der Waals surface area contributed by atoms with Crippen molar-refractivity contribution in [3.63, 3.8) is 0 Å². The molecule has 0 fully saturated rings. The number of hydrogen-bond acceptors (Lipinski definition) is 3. The highest BCUT2D eigenvalue weighted by Crippen LogP contribution is 2.32. The van der Waals surface area contributed by atoms with Gasteiger partial charge in [0.15, 0.2) is 0 Å². The number of para-hydroxylation sites is 1. The maximum atomic E-state index is 12.9. The van der Waals surface area contributed by atoms with Crippen molar-refractivity contribution < 1.29 is 9.59 Å². The number of benzene rings is 1. The van der Waals surface area contributed by atoms with Crippen molar-refractivity contribution in [2.24, 2.45) is 0 Å². The lowest BCUT2D eigenvalue weighted by atomic mass is 10.1. The van der Waals surface area contributed by atoms with Gasteiger partial charge >= 0.3 is 0 Å². The van der Waals surface area contributed by atoms with E-state index in [1.54, 1.807) is 17.0 Å². The summed E-state index contributed by atoms with van der Waals surface area (Å²) >= 11 is 0. The fraction of sp³-hybridized carbons (Fsp3) is 0.211. The van der Waals surface area contributed by atoms with Gasteiger partial charge < -0.3 is 10.2 Å². The molecular weight excluding hydrogens is 302 g/mol. The van der Waals surface area contributed by atoms with Crippen LogP contribution in [0.5, 0.6) is 0 Å². The second kappa shape index (κ2) is 6.66. The molecule has 2 heterocycles. The van der Waals surface area contributed by atoms with Crippen molar-refractivity contribution in [1.29, 1.82) is 0 Å². The van der Waals surface area contributed by atoms with Gasteiger partial charge in [0.1, 0.15) is 0 Å². The summed E-state index contributed by atoms with van der Waals surface area (Å²) in [4.78, 5) is 30.8. The number of fused-ring (bicyclic) bond motifs is 1. The topological polar surface area (TPSA) is 62.3 Å². The van der Waals surface area contributed by atoms with E-state index in [0.717, 1.165) is 17.7 Å². The third-order valence-electron chi connectivity index (χ3n) is 4.08. The van der Waals surface area contributed by atoms with Crippen LogP contribution in [0.25, 0.3) is 0 Å². The number of carbonyl (C=O) groups excluding carboxylic acids is 2. The smallest absolute Gasteiger partial charge is 0.260 e. The van der Waals surface area contributed by atoms with Gasteiger partial charge in [-0.05, 0) is 31.0 Å². The standard InChI is InChI=1S/C19H19N3O2/c1-3-8-21-18(23)15-10-16(12-20-11-15)19(24)22-13(2)9-14-6-4-5-7-17(14)22/h3-7,10-13H,1,8-9H2,2H3,(H,21,23). The molecular formula is C19H19N3O2. The largest absolute Gasteiger partial charge is 0.349 e. The summed E-state index contributed by atoms with van der Waals surface area (Å²) in [6.45, 7) is 5.95. The zero-order chi connectivity index (χ0) is 17.1. The third-order valence-corrected chi connectivity index (χ3v) is 4.08. The predicted octanol–water partition coefficient (Wildman–Crippen LogP) is 2.59. The van der Waals surface area contributed by atoms with Crippen LogP contribution >= 0.6 is 0 Å². The average Bonchev–Trinajstić information content (AvgIpc) is 2.94. The minimum atomic E-state index is -0.271. The van der Waals surface area contributed by atoms with Gasteiger partial charge in [-0.15, -0.1) is 6.58 Å². The second-order valence-electron chi connectivity index (χ2n) is 5.82. The van der Waals surface area contributed by atoms with E-state index in [1.165, 1.54) is 12.4 Å². The Bertz CT molecular complexity index is 801. The van der Waals surface area contributed by atoms with Crippen LogP contribution < -0.4 is 10.2 Å². The average molecular weight is 321 g/mol. The Kier molecular flexibility index (Phi) is 4.42. The third kappa shape index (κ3) is 2.93. The molecule has 2 amide bonds. The Hall–Kier alpha value is -2.95. The summed E-state index contributed by atoms with van der Waals surface area (Å²) in [6, 6.07) is 9.55. The molecule has 0 bridgehead atoms. The molecule has 1 N–H and O–H groups in total. The van der Waals surface area contributed by atoms with E-state index in [4.69, 9.17) is 0 Å². The molecule has 24 heavy (non-hydrogen) atoms. The molecule has 2 aromatic rings. The lowest BCUT2D eigenvalue weighted by molar-refractivity contribution is 0.0957. The number of nitrogens with one attached hydrogen (secondary N) is 1. The molecule has 0 saturated carbocycles. The van der Waals surface area contributed by atoms with Crippen LogP contribution in [0.1, 0.15) is 33.2 Å². The Morgan fingerprint density at radius 3 is 2.88 bits per heavy atom. The first kappa shape index (κ1) is 15.9. The number of amides is 2. The molecule has 1 aromatic carbocycles. The Morgan fingerprint density at radius 2 is 2.08 bits per heavy atom. The summed E-state index contributed by atoms with van der Waals surface area (Å²) in [5, 5.41) is 2.69. The van der Waals surface area contributed by atoms with Crippen molar-refractivity contribution in [3.05, 3.63) is 72.1 Å². The summed E-state index contributed by atoms with van der Waals surface area (Å²) in [7, 11) is 0. The van der Waals surface area contributed by atoms with Gasteiger partial charge in [0, 0.05) is 30.7 Å². The molecule has 0 aliphatic carbocycles. The maximum absolute atomic E-state index is 12.9. The molecule has 1 atom stereocenters. The monoisotopic (exact) mass is 321 g/mol. The molecule has 3 rings (SSSR count). The van der Waals surface area contributed by atoms with Crippen LogP contribution in [0.2, 0.25) is 0 Å². The first-order valence-corrected chi connectivity index (χ1v) is 7.87. The van der Waals surface area contributed by atoms with Crippen LogP contribution in [0, 0.1) is 0 Å². The van der Waals surface area contributed by atoms with Crippen LogP contribution in [-0.2, 0) is 6.42 Å². The van der Waals surface area contributed by atoms with Crippen LogP contribution in [0.3, 0.4) is 0 Å². The Balaban J connectivity index is 1.88. The van der Waals surface area contributed by atoms with Crippen molar-refractivity contribution in [3.8, 4) is 0 Å². The van der Waals surface area contributed by atoms with Gasteiger partial charge in [-0.25, -0.2) is 0 Å². The minimum absolute atomic E-state index is 0.0770. The fourth-order valence-electron chi connectivity index (χ4n) is 2.96. The molecule has 1 aliphatic rings. The van der Waals surface area contributed by atoms with E-state index in [1.807, 2.05) is 31.2 Å². The molecule has 5 heteroatoms. The molecule has 0 spiro atoms. The summed E-state index contributed by atoms with van der Waals surface area (Å²) in [5.41, 5.74) is 2.86. The highest BCUT2D eigenvalue weighted by atomic mass is 16.2. The zero-order valence-corrected chi connectivity index (χ0v) is 13.5. The fourth-order valence-corrected chi connectivity index (χ4v) is 2.96. The number of pyridine rings is 1. The number of aromatic nitrogens is 1. The molecule has 5 nitrogen and oxygen atoms in total. The molecule has 122 valence electrons. The van der Waals surface area contributed by atoms with Gasteiger partial charge in [-0.2, -0.15) is 0 Å². The first-order valence-electron chi connectivity index (χ1n) is 7.87. The summed E-state index contributed by atoms with van der Waals surface area (Å²) in [5.74, 6) is -0.412. The number of carbonyl (C=O) groups is 2. The van der Waals surface area contributed by atoms with Crippen molar-refractivity contribution in [1.82, 2.24) is 10.3 Å². The number of hydrogen-bond donors (Lipinski definition) is 1. The van der Waals surface area contributed by atoms with E-state index in [0.29, 0.717) is 17.7 Å². The van der Waals surface area contributed by atoms with Crippen LogP contribution in [0.15, 0.2) is 55.4 Å². The van der Waals surface area contributed by atoms with Gasteiger partial charge in [-0.3, -0.25) is 14.6 Å². The second-order valence-corrected chi connectivity index (χ2v) is 5.82. The van der Waals surface area contributed by atoms with Gasteiger partial charge in [0.2, 0.25) is 0 Å².